The number of methoxy groups -OCH3 is 2. The lowest BCUT2D eigenvalue weighted by atomic mass is 10.1. The third kappa shape index (κ3) is 5.46. The van der Waals surface area contributed by atoms with Crippen molar-refractivity contribution < 1.29 is 28.6 Å². The first-order valence-corrected chi connectivity index (χ1v) is 7.27. The molecule has 1 heterocycles. The van der Waals surface area contributed by atoms with Gasteiger partial charge in [0.25, 0.3) is 0 Å². The SMILES string of the molecule is CCOC(=O)c1cn(C(CCC(N=[N+]=[N-])C(=O)OC)C(=O)OC)nn1. The Hall–Kier alpha value is -3.14. The van der Waals surface area contributed by atoms with Crippen molar-refractivity contribution in [3.63, 3.8) is 0 Å². The number of hydrogen-bond acceptors (Lipinski definition) is 9. The average Bonchev–Trinajstić information content (AvgIpc) is 3.10. The molecule has 1 aromatic heterocycles. The first kappa shape index (κ1) is 19.9. The zero-order valence-electron chi connectivity index (χ0n) is 14.0. The fourth-order valence-corrected chi connectivity index (χ4v) is 1.96. The normalized spacial score (nSPS) is 12.4. The first-order chi connectivity index (χ1) is 12.0. The quantitative estimate of drug-likeness (QED) is 0.207. The van der Waals surface area contributed by atoms with E-state index in [0.29, 0.717) is 0 Å². The minimum Gasteiger partial charge on any atom is -0.469 e. The van der Waals surface area contributed by atoms with Gasteiger partial charge in [-0.15, -0.1) is 5.10 Å². The molecule has 2 atom stereocenters. The highest BCUT2D eigenvalue weighted by atomic mass is 16.5. The predicted octanol–water partition coefficient (Wildman–Crippen LogP) is 0.801. The summed E-state index contributed by atoms with van der Waals surface area (Å²) in [4.78, 5) is 37.7. The Kier molecular flexibility index (Phi) is 7.87. The second kappa shape index (κ2) is 9.88. The van der Waals surface area contributed by atoms with E-state index in [1.165, 1.54) is 13.3 Å². The molecule has 0 radical (unpaired) electrons. The number of rotatable bonds is 9. The fraction of sp³-hybridized carbons (Fsp3) is 0.615. The predicted molar refractivity (Wildman–Crippen MR) is 81.2 cm³/mol. The molecule has 0 fully saturated rings. The number of esters is 3. The molecule has 0 saturated carbocycles. The van der Waals surface area contributed by atoms with Crippen molar-refractivity contribution >= 4 is 17.9 Å². The summed E-state index contributed by atoms with van der Waals surface area (Å²) in [5, 5.41) is 10.7. The van der Waals surface area contributed by atoms with E-state index in [2.05, 4.69) is 25.1 Å². The Morgan fingerprint density at radius 3 is 2.52 bits per heavy atom. The molecule has 136 valence electrons. The van der Waals surface area contributed by atoms with Gasteiger partial charge in [-0.1, -0.05) is 10.3 Å². The van der Waals surface area contributed by atoms with Crippen molar-refractivity contribution in [2.75, 3.05) is 20.8 Å². The molecule has 1 aromatic rings. The van der Waals surface area contributed by atoms with Crippen molar-refractivity contribution in [3.8, 4) is 0 Å². The van der Waals surface area contributed by atoms with Gasteiger partial charge in [0.2, 0.25) is 0 Å². The second-order valence-electron chi connectivity index (χ2n) is 4.66. The van der Waals surface area contributed by atoms with Gasteiger partial charge in [-0.3, -0.25) is 4.79 Å². The van der Waals surface area contributed by atoms with Crippen molar-refractivity contribution in [2.24, 2.45) is 5.11 Å². The van der Waals surface area contributed by atoms with Gasteiger partial charge >= 0.3 is 17.9 Å². The van der Waals surface area contributed by atoms with E-state index < -0.39 is 30.0 Å². The topological polar surface area (TPSA) is 158 Å². The number of nitrogens with zero attached hydrogens (tertiary/aromatic N) is 6. The van der Waals surface area contributed by atoms with E-state index in [-0.39, 0.29) is 25.1 Å². The third-order valence-corrected chi connectivity index (χ3v) is 3.17. The van der Waals surface area contributed by atoms with E-state index in [9.17, 15) is 14.4 Å². The lowest BCUT2D eigenvalue weighted by Crippen LogP contribution is -2.26. The molecular formula is C13H18N6O6. The van der Waals surface area contributed by atoms with E-state index in [0.717, 1.165) is 11.8 Å². The smallest absolute Gasteiger partial charge is 0.360 e. The van der Waals surface area contributed by atoms with Crippen LogP contribution in [0, 0.1) is 0 Å². The summed E-state index contributed by atoms with van der Waals surface area (Å²) < 4.78 is 15.2. The number of hydrogen-bond donors (Lipinski definition) is 0. The maximum Gasteiger partial charge on any atom is 0.360 e. The molecule has 0 aliphatic rings. The van der Waals surface area contributed by atoms with Gasteiger partial charge in [0, 0.05) is 4.91 Å². The van der Waals surface area contributed by atoms with E-state index in [1.54, 1.807) is 6.92 Å². The van der Waals surface area contributed by atoms with E-state index in [4.69, 9.17) is 15.0 Å². The average molecular weight is 354 g/mol. The summed E-state index contributed by atoms with van der Waals surface area (Å²) in [6, 6.07) is -2.07. The van der Waals surface area contributed by atoms with Crippen LogP contribution in [0.3, 0.4) is 0 Å². The van der Waals surface area contributed by atoms with E-state index >= 15 is 0 Å². The molecule has 25 heavy (non-hydrogen) atoms. The van der Waals surface area contributed by atoms with Crippen molar-refractivity contribution in [1.29, 1.82) is 0 Å². The maximum atomic E-state index is 12.0. The highest BCUT2D eigenvalue weighted by molar-refractivity contribution is 5.86. The van der Waals surface area contributed by atoms with Gasteiger partial charge in [-0.2, -0.15) is 0 Å². The van der Waals surface area contributed by atoms with Crippen LogP contribution in [0.1, 0.15) is 36.3 Å². The molecule has 0 amide bonds. The molecule has 1 rings (SSSR count). The standard InChI is InChI=1S/C13H18N6O6/c1-4-25-12(21)9-7-19(18-16-9)10(13(22)24-3)6-5-8(15-17-14)11(20)23-2/h7-8,10H,4-6H2,1-3H3. The van der Waals surface area contributed by atoms with Crippen LogP contribution in [0.4, 0.5) is 0 Å². The number of carbonyl (C=O) groups is 3. The van der Waals surface area contributed by atoms with Gasteiger partial charge in [0.05, 0.1) is 27.0 Å². The summed E-state index contributed by atoms with van der Waals surface area (Å²) in [6.45, 7) is 1.81. The minimum atomic E-state index is -1.10. The highest BCUT2D eigenvalue weighted by Crippen LogP contribution is 2.18. The largest absolute Gasteiger partial charge is 0.469 e. The van der Waals surface area contributed by atoms with Crippen LogP contribution < -0.4 is 0 Å². The van der Waals surface area contributed by atoms with Crippen LogP contribution in [-0.2, 0) is 23.8 Å². The molecule has 0 N–H and O–H groups in total. The van der Waals surface area contributed by atoms with Crippen LogP contribution in [0.2, 0.25) is 0 Å². The second-order valence-corrected chi connectivity index (χ2v) is 4.66. The van der Waals surface area contributed by atoms with Gasteiger partial charge < -0.3 is 14.2 Å². The molecular weight excluding hydrogens is 336 g/mol. The lowest BCUT2D eigenvalue weighted by molar-refractivity contribution is -0.146. The summed E-state index contributed by atoms with van der Waals surface area (Å²) in [5.41, 5.74) is 8.44. The molecule has 12 nitrogen and oxygen atoms in total. The molecule has 0 aliphatic carbocycles. The van der Waals surface area contributed by atoms with Crippen LogP contribution in [0.5, 0.6) is 0 Å². The molecule has 2 unspecified atom stereocenters. The van der Waals surface area contributed by atoms with Crippen LogP contribution in [-0.4, -0.2) is 59.8 Å². The molecule has 0 aromatic carbocycles. The third-order valence-electron chi connectivity index (χ3n) is 3.17. The summed E-state index contributed by atoms with van der Waals surface area (Å²) >= 11 is 0. The molecule has 0 spiro atoms. The number of ether oxygens (including phenoxy) is 3. The first-order valence-electron chi connectivity index (χ1n) is 7.27. The van der Waals surface area contributed by atoms with Gasteiger partial charge in [-0.05, 0) is 25.3 Å². The Balaban J connectivity index is 2.95. The Morgan fingerprint density at radius 2 is 1.96 bits per heavy atom. The number of azide groups is 1. The minimum absolute atomic E-state index is 0.00506. The van der Waals surface area contributed by atoms with Crippen molar-refractivity contribution in [1.82, 2.24) is 15.0 Å². The highest BCUT2D eigenvalue weighted by Gasteiger charge is 2.27. The maximum absolute atomic E-state index is 12.0. The number of aromatic nitrogens is 3. The van der Waals surface area contributed by atoms with Gasteiger partial charge in [0.15, 0.2) is 11.7 Å². The van der Waals surface area contributed by atoms with Gasteiger partial charge in [0.1, 0.15) is 6.04 Å². The van der Waals surface area contributed by atoms with Crippen molar-refractivity contribution in [3.05, 3.63) is 22.3 Å². The Bertz CT molecular complexity index is 668. The Morgan fingerprint density at radius 1 is 1.28 bits per heavy atom. The summed E-state index contributed by atoms with van der Waals surface area (Å²) in [5.74, 6) is -2.07. The zero-order chi connectivity index (χ0) is 18.8. The van der Waals surface area contributed by atoms with E-state index in [1.807, 2.05) is 0 Å². The Labute approximate surface area is 142 Å². The molecule has 0 bridgehead atoms. The fourth-order valence-electron chi connectivity index (χ4n) is 1.96. The van der Waals surface area contributed by atoms with Crippen molar-refractivity contribution in [2.45, 2.75) is 31.8 Å². The van der Waals surface area contributed by atoms with Crippen LogP contribution >= 0.6 is 0 Å². The molecule has 12 heteroatoms. The molecule has 0 aliphatic heterocycles. The number of carbonyl (C=O) groups excluding carboxylic acids is 3. The summed E-state index contributed by atoms with van der Waals surface area (Å²) in [7, 11) is 2.34. The summed E-state index contributed by atoms with van der Waals surface area (Å²) in [6.07, 6.45) is 1.28. The monoisotopic (exact) mass is 354 g/mol. The van der Waals surface area contributed by atoms with Crippen LogP contribution in [0.15, 0.2) is 11.3 Å². The van der Waals surface area contributed by atoms with Crippen LogP contribution in [0.25, 0.3) is 10.4 Å². The lowest BCUT2D eigenvalue weighted by Gasteiger charge is -2.16. The molecule has 0 saturated heterocycles. The van der Waals surface area contributed by atoms with Gasteiger partial charge in [-0.25, -0.2) is 14.3 Å². The zero-order valence-corrected chi connectivity index (χ0v) is 14.0.